The van der Waals surface area contributed by atoms with Crippen molar-refractivity contribution in [1.82, 2.24) is 5.32 Å². The lowest BCUT2D eigenvalue weighted by molar-refractivity contribution is -0.123. The minimum Gasteiger partial charge on any atom is -0.394 e. The van der Waals surface area contributed by atoms with Crippen molar-refractivity contribution >= 4 is 5.91 Å². The highest BCUT2D eigenvalue weighted by Gasteiger charge is 2.22. The molecule has 3 nitrogen and oxygen atoms in total. The molecule has 2 N–H and O–H groups in total. The average Bonchev–Trinajstić information content (AvgIpc) is 2.18. The van der Waals surface area contributed by atoms with Gasteiger partial charge in [-0.15, -0.1) is 0 Å². The highest BCUT2D eigenvalue weighted by molar-refractivity contribution is 5.76. The minimum atomic E-state index is -0.441. The molecular weight excluding hydrogens is 178 g/mol. The Balaban J connectivity index is 3.80. The first-order valence-electron chi connectivity index (χ1n) is 5.50. The molecule has 0 aliphatic carbocycles. The number of rotatable bonds is 7. The molecule has 84 valence electrons. The quantitative estimate of drug-likeness (QED) is 0.617. The molecule has 0 heterocycles. The summed E-state index contributed by atoms with van der Waals surface area (Å²) in [5.74, 6) is 0.0526. The number of amides is 1. The summed E-state index contributed by atoms with van der Waals surface area (Å²) in [6.45, 7) is 5.94. The van der Waals surface area contributed by atoms with Crippen LogP contribution >= 0.6 is 0 Å². The number of hydrogen-bond acceptors (Lipinski definition) is 2. The third-order valence-electron chi connectivity index (χ3n) is 2.58. The van der Waals surface area contributed by atoms with E-state index in [9.17, 15) is 4.79 Å². The molecule has 1 atom stereocenters. The molecule has 0 saturated carbocycles. The molecule has 1 unspecified atom stereocenters. The standard InChI is InChI=1S/C11H23NO2/c1-4-6-7-8-10(14)12-11(3,5-2)9-13/h13H,4-9H2,1-3H3,(H,12,14). The van der Waals surface area contributed by atoms with E-state index in [0.29, 0.717) is 6.42 Å². The minimum absolute atomic E-state index is 0.00299. The predicted molar refractivity (Wildman–Crippen MR) is 58.1 cm³/mol. The van der Waals surface area contributed by atoms with Gasteiger partial charge < -0.3 is 10.4 Å². The van der Waals surface area contributed by atoms with Crippen molar-refractivity contribution < 1.29 is 9.90 Å². The molecule has 0 saturated heterocycles. The molecule has 0 aliphatic heterocycles. The van der Waals surface area contributed by atoms with Crippen LogP contribution in [-0.2, 0) is 4.79 Å². The van der Waals surface area contributed by atoms with Crippen molar-refractivity contribution in [2.24, 2.45) is 0 Å². The van der Waals surface area contributed by atoms with Gasteiger partial charge in [-0.05, 0) is 19.8 Å². The summed E-state index contributed by atoms with van der Waals surface area (Å²) >= 11 is 0. The van der Waals surface area contributed by atoms with Gasteiger partial charge in [0.2, 0.25) is 5.91 Å². The predicted octanol–water partition coefficient (Wildman–Crippen LogP) is 1.84. The molecule has 0 fully saturated rings. The molecular formula is C11H23NO2. The fraction of sp³-hybridized carbons (Fsp3) is 0.909. The van der Waals surface area contributed by atoms with Crippen LogP contribution in [0, 0.1) is 0 Å². The van der Waals surface area contributed by atoms with Gasteiger partial charge in [-0.25, -0.2) is 0 Å². The number of unbranched alkanes of at least 4 members (excludes halogenated alkanes) is 2. The Hall–Kier alpha value is -0.570. The maximum Gasteiger partial charge on any atom is 0.220 e. The Labute approximate surface area is 86.9 Å². The second-order valence-corrected chi connectivity index (χ2v) is 4.08. The van der Waals surface area contributed by atoms with Gasteiger partial charge in [0.25, 0.3) is 0 Å². The van der Waals surface area contributed by atoms with E-state index in [1.807, 2.05) is 13.8 Å². The lowest BCUT2D eigenvalue weighted by Gasteiger charge is -2.27. The van der Waals surface area contributed by atoms with E-state index in [1.54, 1.807) is 0 Å². The monoisotopic (exact) mass is 201 g/mol. The number of carbonyl (C=O) groups excluding carboxylic acids is 1. The second kappa shape index (κ2) is 6.82. The van der Waals surface area contributed by atoms with Gasteiger partial charge in [0.05, 0.1) is 12.1 Å². The summed E-state index contributed by atoms with van der Waals surface area (Å²) in [5.41, 5.74) is -0.441. The molecule has 0 bridgehead atoms. The van der Waals surface area contributed by atoms with Gasteiger partial charge >= 0.3 is 0 Å². The van der Waals surface area contributed by atoms with Crippen LogP contribution in [0.2, 0.25) is 0 Å². The first-order valence-corrected chi connectivity index (χ1v) is 5.50. The van der Waals surface area contributed by atoms with Crippen molar-refractivity contribution in [2.45, 2.75) is 58.4 Å². The van der Waals surface area contributed by atoms with E-state index < -0.39 is 5.54 Å². The fourth-order valence-corrected chi connectivity index (χ4v) is 1.17. The van der Waals surface area contributed by atoms with E-state index in [2.05, 4.69) is 12.2 Å². The lowest BCUT2D eigenvalue weighted by atomic mass is 10.00. The van der Waals surface area contributed by atoms with Crippen LogP contribution in [-0.4, -0.2) is 23.2 Å². The Bertz CT molecular complexity index is 165. The third-order valence-corrected chi connectivity index (χ3v) is 2.58. The summed E-state index contributed by atoms with van der Waals surface area (Å²) in [5, 5.41) is 12.0. The van der Waals surface area contributed by atoms with Gasteiger partial charge in [0.1, 0.15) is 0 Å². The van der Waals surface area contributed by atoms with Crippen molar-refractivity contribution in [3.8, 4) is 0 Å². The molecule has 0 aromatic heterocycles. The smallest absolute Gasteiger partial charge is 0.220 e. The number of nitrogens with one attached hydrogen (secondary N) is 1. The van der Waals surface area contributed by atoms with Crippen LogP contribution in [0.5, 0.6) is 0 Å². The lowest BCUT2D eigenvalue weighted by Crippen LogP contribution is -2.48. The first-order chi connectivity index (χ1) is 6.58. The number of carbonyl (C=O) groups is 1. The maximum absolute atomic E-state index is 11.4. The van der Waals surface area contributed by atoms with Gasteiger partial charge in [-0.1, -0.05) is 26.7 Å². The van der Waals surface area contributed by atoms with Crippen LogP contribution in [0.1, 0.15) is 52.9 Å². The van der Waals surface area contributed by atoms with Gasteiger partial charge in [-0.2, -0.15) is 0 Å². The van der Waals surface area contributed by atoms with Crippen molar-refractivity contribution in [1.29, 1.82) is 0 Å². The normalized spacial score (nSPS) is 14.9. The number of aliphatic hydroxyl groups is 1. The highest BCUT2D eigenvalue weighted by atomic mass is 16.3. The largest absolute Gasteiger partial charge is 0.394 e. The molecule has 0 rings (SSSR count). The van der Waals surface area contributed by atoms with Crippen LogP contribution in [0.25, 0.3) is 0 Å². The Morgan fingerprint density at radius 1 is 1.36 bits per heavy atom. The van der Waals surface area contributed by atoms with Gasteiger partial charge in [0, 0.05) is 6.42 Å². The molecule has 0 spiro atoms. The Morgan fingerprint density at radius 2 is 2.00 bits per heavy atom. The number of hydrogen-bond donors (Lipinski definition) is 2. The Morgan fingerprint density at radius 3 is 2.43 bits per heavy atom. The van der Waals surface area contributed by atoms with Crippen LogP contribution in [0.15, 0.2) is 0 Å². The first kappa shape index (κ1) is 13.4. The molecule has 14 heavy (non-hydrogen) atoms. The summed E-state index contributed by atoms with van der Waals surface area (Å²) < 4.78 is 0. The molecule has 0 aromatic carbocycles. The molecule has 1 amide bonds. The summed E-state index contributed by atoms with van der Waals surface area (Å²) in [4.78, 5) is 11.4. The Kier molecular flexibility index (Phi) is 6.54. The van der Waals surface area contributed by atoms with Crippen molar-refractivity contribution in [3.63, 3.8) is 0 Å². The van der Waals surface area contributed by atoms with Crippen LogP contribution in [0.3, 0.4) is 0 Å². The molecule has 0 radical (unpaired) electrons. The van der Waals surface area contributed by atoms with E-state index in [4.69, 9.17) is 5.11 Å². The summed E-state index contributed by atoms with van der Waals surface area (Å²) in [7, 11) is 0. The summed E-state index contributed by atoms with van der Waals surface area (Å²) in [6.07, 6.45) is 4.48. The zero-order valence-electron chi connectivity index (χ0n) is 9.60. The second-order valence-electron chi connectivity index (χ2n) is 4.08. The topological polar surface area (TPSA) is 49.3 Å². The third kappa shape index (κ3) is 5.22. The highest BCUT2D eigenvalue weighted by Crippen LogP contribution is 2.08. The van der Waals surface area contributed by atoms with E-state index in [1.165, 1.54) is 0 Å². The van der Waals surface area contributed by atoms with Gasteiger partial charge in [0.15, 0.2) is 0 Å². The number of aliphatic hydroxyl groups excluding tert-OH is 1. The van der Waals surface area contributed by atoms with Crippen LogP contribution < -0.4 is 5.32 Å². The fourth-order valence-electron chi connectivity index (χ4n) is 1.17. The molecule has 0 aliphatic rings. The average molecular weight is 201 g/mol. The van der Waals surface area contributed by atoms with Gasteiger partial charge in [-0.3, -0.25) is 4.79 Å². The van der Waals surface area contributed by atoms with Crippen LogP contribution in [0.4, 0.5) is 0 Å². The SMILES string of the molecule is CCCCCC(=O)NC(C)(CC)CO. The van der Waals surface area contributed by atoms with Crippen molar-refractivity contribution in [2.75, 3.05) is 6.61 Å². The van der Waals surface area contributed by atoms with E-state index in [0.717, 1.165) is 25.7 Å². The zero-order valence-corrected chi connectivity index (χ0v) is 9.60. The molecule has 3 heteroatoms. The maximum atomic E-state index is 11.4. The van der Waals surface area contributed by atoms with E-state index >= 15 is 0 Å². The summed E-state index contributed by atoms with van der Waals surface area (Å²) in [6, 6.07) is 0. The van der Waals surface area contributed by atoms with E-state index in [-0.39, 0.29) is 12.5 Å². The van der Waals surface area contributed by atoms with Crippen molar-refractivity contribution in [3.05, 3.63) is 0 Å². The zero-order chi connectivity index (χ0) is 11.0. The molecule has 0 aromatic rings.